The van der Waals surface area contributed by atoms with Crippen molar-refractivity contribution in [3.8, 4) is 0 Å². The third-order valence-corrected chi connectivity index (χ3v) is 5.67. The third kappa shape index (κ3) is 4.58. The lowest BCUT2D eigenvalue weighted by Crippen LogP contribution is -2.28. The van der Waals surface area contributed by atoms with Crippen molar-refractivity contribution in [3.05, 3.63) is 95.8 Å². The maximum absolute atomic E-state index is 13.1. The molecule has 0 aliphatic carbocycles. The Morgan fingerprint density at radius 3 is 2.69 bits per heavy atom. The van der Waals surface area contributed by atoms with Gasteiger partial charge in [-0.05, 0) is 47.4 Å². The molecule has 0 aliphatic rings. The number of thiazole rings is 1. The molecule has 4 aromatic rings. The van der Waals surface area contributed by atoms with Gasteiger partial charge in [0.1, 0.15) is 0 Å². The third-order valence-electron chi connectivity index (χ3n) is 4.63. The Morgan fingerprint density at radius 2 is 1.93 bits per heavy atom. The van der Waals surface area contributed by atoms with Gasteiger partial charge in [-0.25, -0.2) is 4.98 Å². The van der Waals surface area contributed by atoms with Crippen LogP contribution in [-0.2, 0) is 17.8 Å². The van der Waals surface area contributed by atoms with E-state index in [2.05, 4.69) is 24.0 Å². The number of carbonyl (C=O) groups excluding carboxylic acids is 1. The molecule has 0 bridgehead atoms. The number of aryl methyl sites for hydroxylation is 1. The van der Waals surface area contributed by atoms with Gasteiger partial charge in [-0.1, -0.05) is 60.7 Å². The number of rotatable bonds is 6. The SMILES string of the molecule is CCc1ccc2nc(N(Cc3cccnc3)C(=O)/C=C/c3ccccc3)sc2c1. The Kier molecular flexibility index (Phi) is 5.77. The zero-order valence-electron chi connectivity index (χ0n) is 16.2. The molecule has 2 heterocycles. The Balaban J connectivity index is 1.68. The van der Waals surface area contributed by atoms with Crippen LogP contribution in [0, 0.1) is 0 Å². The number of fused-ring (bicyclic) bond motifs is 1. The van der Waals surface area contributed by atoms with E-state index in [0.29, 0.717) is 11.7 Å². The molecule has 29 heavy (non-hydrogen) atoms. The first-order valence-electron chi connectivity index (χ1n) is 9.56. The van der Waals surface area contributed by atoms with Crippen LogP contribution in [0.3, 0.4) is 0 Å². The van der Waals surface area contributed by atoms with E-state index >= 15 is 0 Å². The maximum Gasteiger partial charge on any atom is 0.253 e. The van der Waals surface area contributed by atoms with Crippen LogP contribution in [0.5, 0.6) is 0 Å². The number of benzene rings is 2. The van der Waals surface area contributed by atoms with Gasteiger partial charge in [0.15, 0.2) is 5.13 Å². The van der Waals surface area contributed by atoms with Gasteiger partial charge < -0.3 is 0 Å². The lowest BCUT2D eigenvalue weighted by atomic mass is 10.2. The minimum atomic E-state index is -0.104. The van der Waals surface area contributed by atoms with E-state index < -0.39 is 0 Å². The van der Waals surface area contributed by atoms with Crippen molar-refractivity contribution in [1.82, 2.24) is 9.97 Å². The van der Waals surface area contributed by atoms with E-state index in [4.69, 9.17) is 4.98 Å². The first-order valence-corrected chi connectivity index (χ1v) is 10.4. The largest absolute Gasteiger partial charge is 0.280 e. The highest BCUT2D eigenvalue weighted by Gasteiger charge is 2.18. The number of hydrogen-bond donors (Lipinski definition) is 0. The Bertz CT molecular complexity index is 1140. The minimum absolute atomic E-state index is 0.104. The van der Waals surface area contributed by atoms with Crippen LogP contribution in [0.25, 0.3) is 16.3 Å². The van der Waals surface area contributed by atoms with Crippen molar-refractivity contribution >= 4 is 38.7 Å². The van der Waals surface area contributed by atoms with Crippen LogP contribution in [0.2, 0.25) is 0 Å². The molecule has 2 aromatic heterocycles. The van der Waals surface area contributed by atoms with E-state index in [1.54, 1.807) is 34.7 Å². The summed E-state index contributed by atoms with van der Waals surface area (Å²) in [5.41, 5.74) is 4.13. The average Bonchev–Trinajstić information content (AvgIpc) is 3.20. The van der Waals surface area contributed by atoms with Crippen molar-refractivity contribution in [3.63, 3.8) is 0 Å². The summed E-state index contributed by atoms with van der Waals surface area (Å²) in [7, 11) is 0. The summed E-state index contributed by atoms with van der Waals surface area (Å²) in [5.74, 6) is -0.104. The summed E-state index contributed by atoms with van der Waals surface area (Å²) in [5, 5.41) is 0.694. The number of carbonyl (C=O) groups is 1. The Labute approximate surface area is 174 Å². The molecule has 0 N–H and O–H groups in total. The summed E-state index contributed by atoms with van der Waals surface area (Å²) >= 11 is 1.54. The van der Waals surface area contributed by atoms with Crippen LogP contribution in [-0.4, -0.2) is 15.9 Å². The van der Waals surface area contributed by atoms with E-state index in [1.165, 1.54) is 5.56 Å². The quantitative estimate of drug-likeness (QED) is 0.402. The van der Waals surface area contributed by atoms with Crippen LogP contribution in [0.4, 0.5) is 5.13 Å². The van der Waals surface area contributed by atoms with Crippen molar-refractivity contribution in [2.24, 2.45) is 0 Å². The number of amides is 1. The van der Waals surface area contributed by atoms with Gasteiger partial charge in [0.2, 0.25) is 0 Å². The molecule has 0 fully saturated rings. The van der Waals surface area contributed by atoms with E-state index in [1.807, 2.05) is 54.6 Å². The van der Waals surface area contributed by atoms with Crippen molar-refractivity contribution < 1.29 is 4.79 Å². The molecular formula is C24H21N3OS. The molecule has 5 heteroatoms. The molecule has 4 nitrogen and oxygen atoms in total. The van der Waals surface area contributed by atoms with E-state index in [0.717, 1.165) is 27.8 Å². The first-order chi connectivity index (χ1) is 14.2. The van der Waals surface area contributed by atoms with E-state index in [-0.39, 0.29) is 5.91 Å². The monoisotopic (exact) mass is 399 g/mol. The zero-order chi connectivity index (χ0) is 20.1. The highest BCUT2D eigenvalue weighted by atomic mass is 32.1. The van der Waals surface area contributed by atoms with Crippen molar-refractivity contribution in [1.29, 1.82) is 0 Å². The number of aromatic nitrogens is 2. The molecule has 4 rings (SSSR count). The maximum atomic E-state index is 13.1. The Morgan fingerprint density at radius 1 is 1.07 bits per heavy atom. The minimum Gasteiger partial charge on any atom is -0.280 e. The van der Waals surface area contributed by atoms with Gasteiger partial charge in [0.25, 0.3) is 5.91 Å². The standard InChI is InChI=1S/C24H21N3OS/c1-2-18-10-12-21-22(15-18)29-24(26-21)27(17-20-9-6-14-25-16-20)23(28)13-11-19-7-4-3-5-8-19/h3-16H,2,17H2,1H3/b13-11+. The van der Waals surface area contributed by atoms with Crippen molar-refractivity contribution in [2.75, 3.05) is 4.90 Å². The summed E-state index contributed by atoms with van der Waals surface area (Å²) in [6.45, 7) is 2.56. The van der Waals surface area contributed by atoms with E-state index in [9.17, 15) is 4.79 Å². The van der Waals surface area contributed by atoms with Gasteiger partial charge in [-0.2, -0.15) is 0 Å². The normalized spacial score (nSPS) is 11.2. The summed E-state index contributed by atoms with van der Waals surface area (Å²) < 4.78 is 1.09. The second-order valence-electron chi connectivity index (χ2n) is 6.68. The molecule has 1 amide bonds. The number of nitrogens with zero attached hydrogens (tertiary/aromatic N) is 3. The Hall–Kier alpha value is -3.31. The van der Waals surface area contributed by atoms with Gasteiger partial charge in [0, 0.05) is 18.5 Å². The van der Waals surface area contributed by atoms with Gasteiger partial charge >= 0.3 is 0 Å². The molecule has 0 unspecified atom stereocenters. The molecule has 0 saturated heterocycles. The van der Waals surface area contributed by atoms with Crippen LogP contribution in [0.15, 0.2) is 79.1 Å². The van der Waals surface area contributed by atoms with Crippen LogP contribution in [0.1, 0.15) is 23.6 Å². The summed E-state index contributed by atoms with van der Waals surface area (Å²) in [6, 6.07) is 19.9. The number of anilines is 1. The molecule has 0 saturated carbocycles. The second kappa shape index (κ2) is 8.80. The number of pyridine rings is 1. The molecule has 0 radical (unpaired) electrons. The van der Waals surface area contributed by atoms with Gasteiger partial charge in [-0.3, -0.25) is 14.7 Å². The zero-order valence-corrected chi connectivity index (χ0v) is 17.0. The molecule has 2 aromatic carbocycles. The van der Waals surface area contributed by atoms with Gasteiger partial charge in [-0.15, -0.1) is 0 Å². The average molecular weight is 400 g/mol. The molecular weight excluding hydrogens is 378 g/mol. The van der Waals surface area contributed by atoms with Crippen LogP contribution >= 0.6 is 11.3 Å². The smallest absolute Gasteiger partial charge is 0.253 e. The predicted molar refractivity (Wildman–Crippen MR) is 120 cm³/mol. The highest BCUT2D eigenvalue weighted by molar-refractivity contribution is 7.22. The summed E-state index contributed by atoms with van der Waals surface area (Å²) in [6.07, 6.45) is 7.93. The summed E-state index contributed by atoms with van der Waals surface area (Å²) in [4.78, 5) is 23.7. The molecule has 0 aliphatic heterocycles. The fourth-order valence-electron chi connectivity index (χ4n) is 3.03. The highest BCUT2D eigenvalue weighted by Crippen LogP contribution is 2.31. The van der Waals surface area contributed by atoms with Crippen LogP contribution < -0.4 is 4.90 Å². The fourth-order valence-corrected chi connectivity index (χ4v) is 4.06. The predicted octanol–water partition coefficient (Wildman–Crippen LogP) is 5.50. The number of hydrogen-bond acceptors (Lipinski definition) is 4. The molecule has 0 atom stereocenters. The topological polar surface area (TPSA) is 46.1 Å². The molecule has 144 valence electrons. The first kappa shape index (κ1) is 19.0. The fraction of sp³-hybridized carbons (Fsp3) is 0.125. The van der Waals surface area contributed by atoms with Gasteiger partial charge in [0.05, 0.1) is 16.8 Å². The van der Waals surface area contributed by atoms with Crippen molar-refractivity contribution in [2.45, 2.75) is 19.9 Å². The lowest BCUT2D eigenvalue weighted by Gasteiger charge is -2.18. The second-order valence-corrected chi connectivity index (χ2v) is 7.69. The lowest BCUT2D eigenvalue weighted by molar-refractivity contribution is -0.114. The molecule has 0 spiro atoms.